The molecule has 0 saturated carbocycles. The smallest absolute Gasteiger partial charge is 0.348 e. The summed E-state index contributed by atoms with van der Waals surface area (Å²) >= 11 is 0. The van der Waals surface area contributed by atoms with Gasteiger partial charge in [0, 0.05) is 52.4 Å². The van der Waals surface area contributed by atoms with E-state index >= 15 is 0 Å². The molecule has 0 aromatic carbocycles. The van der Waals surface area contributed by atoms with Gasteiger partial charge in [0.15, 0.2) is 0 Å². The molecule has 3 rings (SSSR count). The number of hydrogen-bond donors (Lipinski definition) is 0. The first kappa shape index (κ1) is 16.8. The monoisotopic (exact) mass is 335 g/mol. The molecule has 2 fully saturated rings. The lowest BCUT2D eigenvalue weighted by Crippen LogP contribution is -2.47. The fraction of sp³-hybridized carbons (Fsp3) is 0.733. The molecule has 0 unspecified atom stereocenters. The van der Waals surface area contributed by atoms with Crippen molar-refractivity contribution in [2.45, 2.75) is 6.92 Å². The second kappa shape index (κ2) is 7.27. The van der Waals surface area contributed by atoms with Gasteiger partial charge in [-0.25, -0.2) is 9.97 Å². The third-order valence-electron chi connectivity index (χ3n) is 4.89. The summed E-state index contributed by atoms with van der Waals surface area (Å²) < 4.78 is 0. The highest BCUT2D eigenvalue weighted by Crippen LogP contribution is 2.34. The maximum absolute atomic E-state index is 11.8. The summed E-state index contributed by atoms with van der Waals surface area (Å²) in [6, 6.07) is 0. The summed E-state index contributed by atoms with van der Waals surface area (Å²) in [5.74, 6) is 0.913. The average molecular weight is 335 g/mol. The largest absolute Gasteiger partial charge is 0.353 e. The molecule has 9 heteroatoms. The Morgan fingerprint density at radius 1 is 1.00 bits per heavy atom. The number of rotatable bonds is 4. The first-order valence-electron chi connectivity index (χ1n) is 8.50. The second-order valence-corrected chi connectivity index (χ2v) is 6.34. The molecule has 2 aliphatic heterocycles. The highest BCUT2D eigenvalue weighted by molar-refractivity contribution is 5.71. The van der Waals surface area contributed by atoms with Crippen LogP contribution in [0.15, 0.2) is 6.33 Å². The number of piperazine rings is 2. The minimum absolute atomic E-state index is 0.0481. The van der Waals surface area contributed by atoms with E-state index in [1.807, 2.05) is 9.80 Å². The molecule has 0 spiro atoms. The van der Waals surface area contributed by atoms with Crippen LogP contribution in [0.2, 0.25) is 0 Å². The van der Waals surface area contributed by atoms with E-state index in [-0.39, 0.29) is 10.6 Å². The molecule has 1 aromatic rings. The van der Waals surface area contributed by atoms with Crippen molar-refractivity contribution in [3.05, 3.63) is 16.4 Å². The molecular weight excluding hydrogens is 310 g/mol. The topological polar surface area (TPSA) is 81.9 Å². The predicted octanol–water partition coefficient (Wildman–Crippen LogP) is 0.279. The Kier molecular flexibility index (Phi) is 5.10. The van der Waals surface area contributed by atoms with Crippen molar-refractivity contribution in [2.24, 2.45) is 0 Å². The molecule has 2 aliphatic rings. The Balaban J connectivity index is 1.87. The van der Waals surface area contributed by atoms with Crippen LogP contribution in [0.4, 0.5) is 17.3 Å². The van der Waals surface area contributed by atoms with Gasteiger partial charge in [-0.2, -0.15) is 0 Å². The number of nitro groups is 1. The lowest BCUT2D eigenvalue weighted by Gasteiger charge is -2.35. The fourth-order valence-electron chi connectivity index (χ4n) is 3.28. The summed E-state index contributed by atoms with van der Waals surface area (Å²) in [6.07, 6.45) is 1.46. The summed E-state index contributed by atoms with van der Waals surface area (Å²) in [7, 11) is 2.06. The normalized spacial score (nSPS) is 20.4. The van der Waals surface area contributed by atoms with Crippen molar-refractivity contribution in [2.75, 3.05) is 75.8 Å². The zero-order valence-electron chi connectivity index (χ0n) is 14.4. The molecule has 0 atom stereocenters. The van der Waals surface area contributed by atoms with Crippen LogP contribution in [0.5, 0.6) is 0 Å². The van der Waals surface area contributed by atoms with Crippen LogP contribution in [0.3, 0.4) is 0 Å². The van der Waals surface area contributed by atoms with Crippen LogP contribution in [0.25, 0.3) is 0 Å². The highest BCUT2D eigenvalue weighted by Gasteiger charge is 2.32. The number of aromatic nitrogens is 2. The Morgan fingerprint density at radius 3 is 1.96 bits per heavy atom. The quantitative estimate of drug-likeness (QED) is 0.573. The summed E-state index contributed by atoms with van der Waals surface area (Å²) in [6.45, 7) is 9.72. The molecule has 24 heavy (non-hydrogen) atoms. The second-order valence-electron chi connectivity index (χ2n) is 6.34. The van der Waals surface area contributed by atoms with Gasteiger partial charge in [-0.15, -0.1) is 0 Å². The van der Waals surface area contributed by atoms with E-state index in [1.54, 1.807) is 0 Å². The molecule has 1 aromatic heterocycles. The van der Waals surface area contributed by atoms with Crippen LogP contribution in [0.1, 0.15) is 6.92 Å². The van der Waals surface area contributed by atoms with Crippen LogP contribution in [-0.4, -0.2) is 90.6 Å². The average Bonchev–Trinajstić information content (AvgIpc) is 2.61. The SMILES string of the molecule is CCN1CCN(c2ncnc(N3CCN(C)CC3)c2[N+](=O)[O-])CC1. The maximum atomic E-state index is 11.8. The number of hydrogen-bond acceptors (Lipinski definition) is 8. The Bertz CT molecular complexity index is 581. The van der Waals surface area contributed by atoms with Gasteiger partial charge >= 0.3 is 5.69 Å². The van der Waals surface area contributed by atoms with Crippen LogP contribution in [-0.2, 0) is 0 Å². The van der Waals surface area contributed by atoms with Gasteiger partial charge in [-0.1, -0.05) is 6.92 Å². The van der Waals surface area contributed by atoms with Gasteiger partial charge in [-0.05, 0) is 13.6 Å². The van der Waals surface area contributed by atoms with Gasteiger partial charge in [0.2, 0.25) is 11.6 Å². The summed E-state index contributed by atoms with van der Waals surface area (Å²) in [5, 5.41) is 11.8. The maximum Gasteiger partial charge on any atom is 0.353 e. The number of likely N-dealkylation sites (N-methyl/N-ethyl adjacent to an activating group) is 2. The Labute approximate surface area is 142 Å². The van der Waals surface area contributed by atoms with Gasteiger partial charge in [-0.3, -0.25) is 10.1 Å². The number of nitrogens with zero attached hydrogens (tertiary/aromatic N) is 7. The van der Waals surface area contributed by atoms with Crippen molar-refractivity contribution < 1.29 is 4.92 Å². The van der Waals surface area contributed by atoms with E-state index in [0.717, 1.165) is 58.9 Å². The Morgan fingerprint density at radius 2 is 1.50 bits per heavy atom. The van der Waals surface area contributed by atoms with Gasteiger partial charge in [0.1, 0.15) is 6.33 Å². The zero-order chi connectivity index (χ0) is 17.1. The Hall–Kier alpha value is -2.00. The van der Waals surface area contributed by atoms with Gasteiger partial charge in [0.05, 0.1) is 4.92 Å². The lowest BCUT2D eigenvalue weighted by molar-refractivity contribution is -0.383. The first-order chi connectivity index (χ1) is 11.6. The molecular formula is C15H25N7O2. The van der Waals surface area contributed by atoms with Crippen molar-refractivity contribution in [1.29, 1.82) is 0 Å². The van der Waals surface area contributed by atoms with E-state index < -0.39 is 0 Å². The first-order valence-corrected chi connectivity index (χ1v) is 8.50. The molecule has 2 saturated heterocycles. The van der Waals surface area contributed by atoms with Crippen molar-refractivity contribution >= 4 is 17.3 Å². The van der Waals surface area contributed by atoms with Crippen molar-refractivity contribution in [3.8, 4) is 0 Å². The minimum atomic E-state index is -0.324. The van der Waals surface area contributed by atoms with E-state index in [1.165, 1.54) is 6.33 Å². The fourth-order valence-corrected chi connectivity index (χ4v) is 3.28. The van der Waals surface area contributed by atoms with E-state index in [4.69, 9.17) is 0 Å². The molecule has 9 nitrogen and oxygen atoms in total. The van der Waals surface area contributed by atoms with Gasteiger partial charge < -0.3 is 19.6 Å². The van der Waals surface area contributed by atoms with E-state index in [0.29, 0.717) is 11.6 Å². The summed E-state index contributed by atoms with van der Waals surface area (Å²) in [4.78, 5) is 28.5. The standard InChI is InChI=1S/C15H25N7O2/c1-3-19-6-10-21(11-7-19)15-13(22(23)24)14(16-12-17-15)20-8-4-18(2)5-9-20/h12H,3-11H2,1-2H3. The van der Waals surface area contributed by atoms with Crippen molar-refractivity contribution in [1.82, 2.24) is 19.8 Å². The highest BCUT2D eigenvalue weighted by atomic mass is 16.6. The van der Waals surface area contributed by atoms with Crippen LogP contribution >= 0.6 is 0 Å². The third-order valence-corrected chi connectivity index (χ3v) is 4.89. The molecule has 132 valence electrons. The number of anilines is 2. The zero-order valence-corrected chi connectivity index (χ0v) is 14.4. The third kappa shape index (κ3) is 3.41. The molecule has 0 aliphatic carbocycles. The molecule has 0 bridgehead atoms. The van der Waals surface area contributed by atoms with Crippen LogP contribution in [0, 0.1) is 10.1 Å². The molecule has 0 N–H and O–H groups in total. The van der Waals surface area contributed by atoms with Crippen LogP contribution < -0.4 is 9.80 Å². The van der Waals surface area contributed by atoms with Crippen molar-refractivity contribution in [3.63, 3.8) is 0 Å². The molecule has 0 amide bonds. The van der Waals surface area contributed by atoms with E-state index in [2.05, 4.69) is 33.7 Å². The predicted molar refractivity (Wildman–Crippen MR) is 92.7 cm³/mol. The summed E-state index contributed by atoms with van der Waals surface area (Å²) in [5.41, 5.74) is 0.0481. The minimum Gasteiger partial charge on any atom is -0.348 e. The lowest BCUT2D eigenvalue weighted by atomic mass is 10.2. The molecule has 3 heterocycles. The van der Waals surface area contributed by atoms with Gasteiger partial charge in [0.25, 0.3) is 0 Å². The van der Waals surface area contributed by atoms with E-state index in [9.17, 15) is 10.1 Å². The molecule has 0 radical (unpaired) electrons.